The molecule has 16 heavy (non-hydrogen) atoms. The van der Waals surface area contributed by atoms with E-state index in [0.29, 0.717) is 17.5 Å². The van der Waals surface area contributed by atoms with E-state index in [1.807, 2.05) is 0 Å². The molecular weight excluding hydrogens is 213 g/mol. The van der Waals surface area contributed by atoms with Crippen LogP contribution in [-0.4, -0.2) is 23.5 Å². The number of hydrogen-bond donors (Lipinski definition) is 2. The number of nitrogens with one attached hydrogen (secondary N) is 1. The number of carbonyl (C=O) groups is 2. The van der Waals surface area contributed by atoms with Gasteiger partial charge in [-0.1, -0.05) is 6.07 Å². The number of benzene rings is 1. The van der Waals surface area contributed by atoms with Crippen LogP contribution in [-0.2, 0) is 16.0 Å². The molecule has 0 aliphatic heterocycles. The fourth-order valence-corrected chi connectivity index (χ4v) is 1.41. The Bertz CT molecular complexity index is 406. The van der Waals surface area contributed by atoms with Gasteiger partial charge in [-0.3, -0.25) is 4.79 Å². The van der Waals surface area contributed by atoms with Gasteiger partial charge >= 0.3 is 5.97 Å². The molecule has 0 heterocycles. The van der Waals surface area contributed by atoms with Crippen LogP contribution in [0, 0.1) is 12.7 Å². The molecule has 1 amide bonds. The minimum absolute atomic E-state index is 0.139. The quantitative estimate of drug-likeness (QED) is 0.731. The summed E-state index contributed by atoms with van der Waals surface area (Å²) in [4.78, 5) is 21.0. The second-order valence-electron chi connectivity index (χ2n) is 3.45. The number of amides is 1. The summed E-state index contributed by atoms with van der Waals surface area (Å²) in [5, 5.41) is 11.0. The first-order chi connectivity index (χ1) is 7.54. The monoisotopic (exact) mass is 225 g/mol. The van der Waals surface area contributed by atoms with Gasteiger partial charge < -0.3 is 10.4 Å². The maximum absolute atomic E-state index is 12.8. The molecule has 1 aromatic carbocycles. The lowest BCUT2D eigenvalue weighted by Crippen LogP contribution is -2.37. The van der Waals surface area contributed by atoms with Crippen molar-refractivity contribution < 1.29 is 19.1 Å². The zero-order chi connectivity index (χ0) is 12.1. The highest BCUT2D eigenvalue weighted by atomic mass is 19.1. The van der Waals surface area contributed by atoms with Crippen molar-refractivity contribution in [1.29, 1.82) is 0 Å². The Hall–Kier alpha value is -1.91. The van der Waals surface area contributed by atoms with E-state index < -0.39 is 12.0 Å². The number of carboxylic acid groups (broad SMARTS) is 1. The van der Waals surface area contributed by atoms with Crippen LogP contribution < -0.4 is 5.32 Å². The number of carboxylic acids is 1. The third-order valence-electron chi connectivity index (χ3n) is 2.30. The number of hydrogen-bond acceptors (Lipinski definition) is 2. The summed E-state index contributed by atoms with van der Waals surface area (Å²) < 4.78 is 12.8. The summed E-state index contributed by atoms with van der Waals surface area (Å²) in [5.41, 5.74) is 1.36. The summed E-state index contributed by atoms with van der Waals surface area (Å²) in [6.07, 6.45) is 0.484. The molecule has 0 aliphatic rings. The van der Waals surface area contributed by atoms with Gasteiger partial charge in [0.05, 0.1) is 0 Å². The van der Waals surface area contributed by atoms with Crippen LogP contribution in [0.15, 0.2) is 18.2 Å². The van der Waals surface area contributed by atoms with Crippen molar-refractivity contribution in [2.45, 2.75) is 19.4 Å². The van der Waals surface area contributed by atoms with Gasteiger partial charge in [-0.2, -0.15) is 0 Å². The highest BCUT2D eigenvalue weighted by Crippen LogP contribution is 2.12. The van der Waals surface area contributed by atoms with E-state index in [9.17, 15) is 14.0 Å². The molecule has 0 saturated carbocycles. The Labute approximate surface area is 92.1 Å². The molecule has 0 radical (unpaired) electrons. The van der Waals surface area contributed by atoms with E-state index in [2.05, 4.69) is 5.32 Å². The maximum atomic E-state index is 12.8. The van der Waals surface area contributed by atoms with E-state index in [4.69, 9.17) is 5.11 Å². The second kappa shape index (κ2) is 5.25. The van der Waals surface area contributed by atoms with Crippen LogP contribution in [0.5, 0.6) is 0 Å². The van der Waals surface area contributed by atoms with Gasteiger partial charge in [-0.15, -0.1) is 0 Å². The van der Waals surface area contributed by atoms with Crippen LogP contribution in [0.2, 0.25) is 0 Å². The molecule has 0 spiro atoms. The van der Waals surface area contributed by atoms with E-state index in [1.54, 1.807) is 6.92 Å². The fraction of sp³-hybridized carbons (Fsp3) is 0.273. The predicted molar refractivity (Wildman–Crippen MR) is 55.5 cm³/mol. The molecule has 1 atom stereocenters. The Kier molecular flexibility index (Phi) is 3.99. The largest absolute Gasteiger partial charge is 0.480 e. The Balaban J connectivity index is 2.84. The minimum atomic E-state index is -1.11. The lowest BCUT2D eigenvalue weighted by atomic mass is 10.0. The first-order valence-corrected chi connectivity index (χ1v) is 4.72. The van der Waals surface area contributed by atoms with Crippen molar-refractivity contribution in [1.82, 2.24) is 5.32 Å². The molecule has 5 heteroatoms. The zero-order valence-corrected chi connectivity index (χ0v) is 8.74. The average molecular weight is 225 g/mol. The van der Waals surface area contributed by atoms with Gasteiger partial charge in [0.25, 0.3) is 0 Å². The smallest absolute Gasteiger partial charge is 0.326 e. The zero-order valence-electron chi connectivity index (χ0n) is 8.74. The summed E-state index contributed by atoms with van der Waals surface area (Å²) in [6.45, 7) is 1.69. The van der Waals surface area contributed by atoms with Crippen LogP contribution >= 0.6 is 0 Å². The number of carbonyl (C=O) groups excluding carboxylic acids is 1. The maximum Gasteiger partial charge on any atom is 0.326 e. The van der Waals surface area contributed by atoms with Crippen molar-refractivity contribution >= 4 is 12.4 Å². The van der Waals surface area contributed by atoms with Crippen molar-refractivity contribution in [3.05, 3.63) is 35.1 Å². The van der Waals surface area contributed by atoms with Crippen molar-refractivity contribution in [2.75, 3.05) is 0 Å². The van der Waals surface area contributed by atoms with Gasteiger partial charge in [-0.05, 0) is 30.2 Å². The Morgan fingerprint density at radius 2 is 2.31 bits per heavy atom. The normalized spacial score (nSPS) is 11.9. The lowest BCUT2D eigenvalue weighted by Gasteiger charge is -2.12. The molecule has 1 aromatic rings. The van der Waals surface area contributed by atoms with Crippen molar-refractivity contribution in [2.24, 2.45) is 0 Å². The van der Waals surface area contributed by atoms with E-state index >= 15 is 0 Å². The summed E-state index contributed by atoms with van der Waals surface area (Å²) in [7, 11) is 0. The third-order valence-corrected chi connectivity index (χ3v) is 2.30. The minimum Gasteiger partial charge on any atom is -0.480 e. The van der Waals surface area contributed by atoms with E-state index in [0.717, 1.165) is 0 Å². The summed E-state index contributed by atoms with van der Waals surface area (Å²) in [6, 6.07) is 3.13. The molecule has 4 nitrogen and oxygen atoms in total. The topological polar surface area (TPSA) is 66.4 Å². The first kappa shape index (κ1) is 12.2. The van der Waals surface area contributed by atoms with Crippen molar-refractivity contribution in [3.8, 4) is 0 Å². The highest BCUT2D eigenvalue weighted by Gasteiger charge is 2.17. The van der Waals surface area contributed by atoms with Crippen molar-refractivity contribution in [3.63, 3.8) is 0 Å². The van der Waals surface area contributed by atoms with Crippen LogP contribution in [0.25, 0.3) is 0 Å². The predicted octanol–water partition coefficient (Wildman–Crippen LogP) is 0.876. The molecule has 86 valence electrons. The molecular formula is C11H12FNO3. The molecule has 0 fully saturated rings. The standard InChI is InChI=1S/C11H12FNO3/c1-7-4-9(12)3-2-8(7)5-10(11(15)16)13-6-14/h2-4,6,10H,5H2,1H3,(H,13,14)(H,15,16). The molecule has 0 bridgehead atoms. The average Bonchev–Trinajstić information content (AvgIpc) is 2.20. The van der Waals surface area contributed by atoms with Crippen LogP contribution in [0.1, 0.15) is 11.1 Å². The van der Waals surface area contributed by atoms with Gasteiger partial charge in [0.2, 0.25) is 6.41 Å². The number of aryl methyl sites for hydroxylation is 1. The van der Waals surface area contributed by atoms with E-state index in [1.165, 1.54) is 18.2 Å². The fourth-order valence-electron chi connectivity index (χ4n) is 1.41. The molecule has 1 rings (SSSR count). The Morgan fingerprint density at radius 3 is 2.81 bits per heavy atom. The van der Waals surface area contributed by atoms with Crippen LogP contribution in [0.4, 0.5) is 4.39 Å². The Morgan fingerprint density at radius 1 is 1.62 bits per heavy atom. The molecule has 0 aliphatic carbocycles. The van der Waals surface area contributed by atoms with E-state index in [-0.39, 0.29) is 12.2 Å². The highest BCUT2D eigenvalue weighted by molar-refractivity contribution is 5.76. The summed E-state index contributed by atoms with van der Waals surface area (Å²) in [5.74, 6) is -1.48. The first-order valence-electron chi connectivity index (χ1n) is 4.72. The number of rotatable bonds is 5. The number of aliphatic carboxylic acids is 1. The van der Waals surface area contributed by atoms with Gasteiger partial charge in [-0.25, -0.2) is 9.18 Å². The molecule has 2 N–H and O–H groups in total. The number of halogens is 1. The second-order valence-corrected chi connectivity index (χ2v) is 3.45. The third kappa shape index (κ3) is 3.05. The summed E-state index contributed by atoms with van der Waals surface area (Å²) >= 11 is 0. The molecule has 0 aromatic heterocycles. The van der Waals surface area contributed by atoms with Gasteiger partial charge in [0.1, 0.15) is 11.9 Å². The molecule has 1 unspecified atom stereocenters. The van der Waals surface area contributed by atoms with Gasteiger partial charge in [0.15, 0.2) is 0 Å². The lowest BCUT2D eigenvalue weighted by molar-refractivity contribution is -0.140. The SMILES string of the molecule is Cc1cc(F)ccc1CC(NC=O)C(=O)O. The van der Waals surface area contributed by atoms with Gasteiger partial charge in [0, 0.05) is 6.42 Å². The van der Waals surface area contributed by atoms with Crippen LogP contribution in [0.3, 0.4) is 0 Å². The molecule has 0 saturated heterocycles.